The van der Waals surface area contributed by atoms with Crippen LogP contribution in [-0.4, -0.2) is 32.2 Å². The maximum atomic E-state index is 12.6. The number of nitrogens with one attached hydrogen (secondary N) is 2. The minimum Gasteiger partial charge on any atom is -0.321 e. The first kappa shape index (κ1) is 15.5. The summed E-state index contributed by atoms with van der Waals surface area (Å²) >= 11 is 0. The number of carbonyl (C=O) groups is 1. The molecule has 1 aliphatic heterocycles. The van der Waals surface area contributed by atoms with Gasteiger partial charge in [-0.25, -0.2) is 0 Å². The molecule has 126 valence electrons. The van der Waals surface area contributed by atoms with Crippen LogP contribution in [0.25, 0.3) is 11.4 Å². The average molecular weight is 334 g/mol. The van der Waals surface area contributed by atoms with E-state index in [1.165, 1.54) is 11.1 Å². The summed E-state index contributed by atoms with van der Waals surface area (Å²) in [6, 6.07) is 7.71. The first-order chi connectivity index (χ1) is 12.2. The van der Waals surface area contributed by atoms with Gasteiger partial charge in [-0.15, -0.1) is 10.2 Å². The number of aryl methyl sites for hydroxylation is 1. The number of anilines is 1. The van der Waals surface area contributed by atoms with Crippen LogP contribution >= 0.6 is 0 Å². The molecule has 0 spiro atoms. The lowest BCUT2D eigenvalue weighted by molar-refractivity contribution is 0.102. The number of aromatic nitrogens is 4. The van der Waals surface area contributed by atoms with Gasteiger partial charge in [-0.2, -0.15) is 0 Å². The summed E-state index contributed by atoms with van der Waals surface area (Å²) in [5, 5.41) is 14.2. The minimum absolute atomic E-state index is 0.148. The van der Waals surface area contributed by atoms with Gasteiger partial charge >= 0.3 is 0 Å². The number of rotatable bonds is 3. The predicted octanol–water partition coefficient (Wildman–Crippen LogP) is 1.78. The molecular formula is C18H18N6O. The maximum absolute atomic E-state index is 12.6. The summed E-state index contributed by atoms with van der Waals surface area (Å²) in [5.41, 5.74) is 4.56. The Bertz CT molecular complexity index is 933. The number of fused-ring (bicyclic) bond motifs is 1. The minimum atomic E-state index is -0.148. The Balaban J connectivity index is 1.56. The monoisotopic (exact) mass is 334 g/mol. The molecule has 1 aromatic carbocycles. The van der Waals surface area contributed by atoms with E-state index in [-0.39, 0.29) is 5.91 Å². The fourth-order valence-corrected chi connectivity index (χ4v) is 3.00. The summed E-state index contributed by atoms with van der Waals surface area (Å²) in [6.45, 7) is 1.79. The molecule has 4 rings (SSSR count). The van der Waals surface area contributed by atoms with Crippen molar-refractivity contribution in [1.29, 1.82) is 0 Å². The van der Waals surface area contributed by atoms with E-state index in [1.54, 1.807) is 23.3 Å². The second kappa shape index (κ2) is 6.45. The molecular weight excluding hydrogens is 316 g/mol. The van der Waals surface area contributed by atoms with Crippen molar-refractivity contribution < 1.29 is 4.79 Å². The van der Waals surface area contributed by atoms with Crippen LogP contribution in [0.3, 0.4) is 0 Å². The lowest BCUT2D eigenvalue weighted by Crippen LogP contribution is -2.24. The summed E-state index contributed by atoms with van der Waals surface area (Å²) in [4.78, 5) is 16.8. The zero-order valence-electron chi connectivity index (χ0n) is 13.9. The van der Waals surface area contributed by atoms with Crippen molar-refractivity contribution in [3.8, 4) is 11.4 Å². The zero-order valence-corrected chi connectivity index (χ0v) is 13.9. The molecule has 0 fully saturated rings. The van der Waals surface area contributed by atoms with Gasteiger partial charge in [-0.3, -0.25) is 9.78 Å². The number of carbonyl (C=O) groups excluding carboxylic acids is 1. The van der Waals surface area contributed by atoms with Crippen LogP contribution < -0.4 is 10.6 Å². The zero-order chi connectivity index (χ0) is 17.2. The number of benzene rings is 1. The standard InChI is InChI=1S/C18H18N6O/c1-24-11-21-23-17(24)15-7-16(10-20-9-15)22-18(25)13-3-2-12-4-5-19-8-14(12)6-13/h2-3,6-7,9-11,19H,4-5,8H2,1H3,(H,22,25). The largest absolute Gasteiger partial charge is 0.321 e. The van der Waals surface area contributed by atoms with E-state index < -0.39 is 0 Å². The Kier molecular flexibility index (Phi) is 3.99. The molecule has 25 heavy (non-hydrogen) atoms. The lowest BCUT2D eigenvalue weighted by Gasteiger charge is -2.17. The predicted molar refractivity (Wildman–Crippen MR) is 94.0 cm³/mol. The Morgan fingerprint density at radius 2 is 2.16 bits per heavy atom. The first-order valence-corrected chi connectivity index (χ1v) is 8.14. The van der Waals surface area contributed by atoms with Gasteiger partial charge in [0.25, 0.3) is 5.91 Å². The second-order valence-electron chi connectivity index (χ2n) is 6.09. The van der Waals surface area contributed by atoms with E-state index in [0.717, 1.165) is 25.1 Å². The third-order valence-electron chi connectivity index (χ3n) is 4.32. The Hall–Kier alpha value is -3.06. The van der Waals surface area contributed by atoms with Crippen LogP contribution in [0.5, 0.6) is 0 Å². The van der Waals surface area contributed by atoms with Crippen molar-refractivity contribution in [2.45, 2.75) is 13.0 Å². The molecule has 0 atom stereocenters. The van der Waals surface area contributed by atoms with Gasteiger partial charge in [-0.1, -0.05) is 6.07 Å². The van der Waals surface area contributed by atoms with E-state index in [0.29, 0.717) is 17.1 Å². The molecule has 1 aliphatic rings. The molecule has 2 N–H and O–H groups in total. The highest BCUT2D eigenvalue weighted by atomic mass is 16.1. The number of amides is 1. The van der Waals surface area contributed by atoms with Crippen molar-refractivity contribution in [3.05, 3.63) is 59.7 Å². The van der Waals surface area contributed by atoms with Gasteiger partial charge in [0.1, 0.15) is 6.33 Å². The molecule has 2 aromatic heterocycles. The van der Waals surface area contributed by atoms with E-state index in [4.69, 9.17) is 0 Å². The third-order valence-corrected chi connectivity index (χ3v) is 4.32. The molecule has 0 saturated heterocycles. The summed E-state index contributed by atoms with van der Waals surface area (Å²) in [7, 11) is 1.86. The average Bonchev–Trinajstić information content (AvgIpc) is 3.07. The fraction of sp³-hybridized carbons (Fsp3) is 0.222. The highest BCUT2D eigenvalue weighted by Gasteiger charge is 2.13. The SMILES string of the molecule is Cn1cnnc1-c1cncc(NC(=O)c2ccc3c(c2)CNCC3)c1. The van der Waals surface area contributed by atoms with Gasteiger partial charge in [0, 0.05) is 30.9 Å². The normalized spacial score (nSPS) is 13.3. The van der Waals surface area contributed by atoms with Crippen molar-refractivity contribution in [2.75, 3.05) is 11.9 Å². The molecule has 7 heteroatoms. The maximum Gasteiger partial charge on any atom is 0.255 e. The van der Waals surface area contributed by atoms with Crippen molar-refractivity contribution >= 4 is 11.6 Å². The van der Waals surface area contributed by atoms with E-state index in [1.807, 2.05) is 31.3 Å². The number of nitrogens with zero attached hydrogens (tertiary/aromatic N) is 4. The van der Waals surface area contributed by atoms with Crippen LogP contribution in [0.2, 0.25) is 0 Å². The van der Waals surface area contributed by atoms with E-state index in [2.05, 4.69) is 25.8 Å². The Morgan fingerprint density at radius 1 is 1.24 bits per heavy atom. The molecule has 1 amide bonds. The molecule has 7 nitrogen and oxygen atoms in total. The van der Waals surface area contributed by atoms with Crippen LogP contribution in [0.1, 0.15) is 21.5 Å². The fourth-order valence-electron chi connectivity index (χ4n) is 3.00. The van der Waals surface area contributed by atoms with Gasteiger partial charge in [-0.05, 0) is 42.3 Å². The number of hydrogen-bond acceptors (Lipinski definition) is 5. The topological polar surface area (TPSA) is 84.7 Å². The third kappa shape index (κ3) is 3.14. The van der Waals surface area contributed by atoms with Gasteiger partial charge < -0.3 is 15.2 Å². The van der Waals surface area contributed by atoms with E-state index in [9.17, 15) is 4.79 Å². The summed E-state index contributed by atoms with van der Waals surface area (Å²) < 4.78 is 1.80. The Morgan fingerprint density at radius 3 is 3.00 bits per heavy atom. The molecule has 0 bridgehead atoms. The highest BCUT2D eigenvalue weighted by molar-refractivity contribution is 6.04. The summed E-state index contributed by atoms with van der Waals surface area (Å²) in [6.07, 6.45) is 5.95. The molecule has 3 aromatic rings. The molecule has 0 unspecified atom stereocenters. The number of hydrogen-bond donors (Lipinski definition) is 2. The van der Waals surface area contributed by atoms with Crippen LogP contribution in [0, 0.1) is 0 Å². The highest BCUT2D eigenvalue weighted by Crippen LogP contribution is 2.20. The quantitative estimate of drug-likeness (QED) is 0.763. The smallest absolute Gasteiger partial charge is 0.255 e. The van der Waals surface area contributed by atoms with Crippen molar-refractivity contribution in [1.82, 2.24) is 25.1 Å². The summed E-state index contributed by atoms with van der Waals surface area (Å²) in [5.74, 6) is 0.550. The lowest BCUT2D eigenvalue weighted by atomic mass is 9.98. The second-order valence-corrected chi connectivity index (χ2v) is 6.09. The van der Waals surface area contributed by atoms with Crippen molar-refractivity contribution in [3.63, 3.8) is 0 Å². The van der Waals surface area contributed by atoms with E-state index >= 15 is 0 Å². The van der Waals surface area contributed by atoms with Crippen LogP contribution in [0.15, 0.2) is 43.0 Å². The van der Waals surface area contributed by atoms with Crippen LogP contribution in [0.4, 0.5) is 5.69 Å². The van der Waals surface area contributed by atoms with Gasteiger partial charge in [0.05, 0.1) is 11.9 Å². The number of pyridine rings is 1. The molecule has 0 aliphatic carbocycles. The molecule has 0 radical (unpaired) electrons. The van der Waals surface area contributed by atoms with Gasteiger partial charge in [0.15, 0.2) is 5.82 Å². The molecule has 3 heterocycles. The Labute approximate surface area is 145 Å². The van der Waals surface area contributed by atoms with Crippen LogP contribution in [-0.2, 0) is 20.0 Å². The first-order valence-electron chi connectivity index (χ1n) is 8.14. The molecule has 0 saturated carbocycles. The van der Waals surface area contributed by atoms with Gasteiger partial charge in [0.2, 0.25) is 0 Å². The van der Waals surface area contributed by atoms with Crippen molar-refractivity contribution in [2.24, 2.45) is 7.05 Å².